The number of ether oxygens (including phenoxy) is 1. The fourth-order valence-electron chi connectivity index (χ4n) is 2.75. The molecule has 0 unspecified atom stereocenters. The first-order valence-corrected chi connectivity index (χ1v) is 8.15. The molecule has 0 amide bonds. The lowest BCUT2D eigenvalue weighted by molar-refractivity contribution is 0.0589. The number of rotatable bonds is 4. The predicted octanol–water partition coefficient (Wildman–Crippen LogP) is 3.57. The zero-order valence-corrected chi connectivity index (χ0v) is 14.5. The van der Waals surface area contributed by atoms with E-state index in [1.165, 1.54) is 7.11 Å². The smallest absolute Gasteiger partial charge is 0.354 e. The summed E-state index contributed by atoms with van der Waals surface area (Å²) in [4.78, 5) is 20.6. The molecular weight excluding hydrogens is 356 g/mol. The minimum Gasteiger partial charge on any atom is -0.464 e. The Balaban J connectivity index is 1.76. The highest BCUT2D eigenvalue weighted by Crippen LogP contribution is 2.26. The van der Waals surface area contributed by atoms with E-state index in [1.54, 1.807) is 22.9 Å². The first kappa shape index (κ1) is 16.3. The standard InChI is InChI=1S/C18H13ClN4O3/c1-25-18(24)14-9-12-13(7-8-20-16(12)19)23(14)10-15-21-17(26-22-15)11-5-3-2-4-6-11/h2-9H,10H2,1H3. The molecule has 1 aromatic carbocycles. The SMILES string of the molecule is COC(=O)c1cc2c(Cl)nccc2n1Cc1noc(-c2ccccc2)n1. The number of benzene rings is 1. The maximum atomic E-state index is 12.2. The van der Waals surface area contributed by atoms with Crippen LogP contribution in [0.25, 0.3) is 22.4 Å². The molecule has 3 heterocycles. The van der Waals surface area contributed by atoms with E-state index in [-0.39, 0.29) is 6.54 Å². The minimum absolute atomic E-state index is 0.227. The Hall–Kier alpha value is -3.19. The summed E-state index contributed by atoms with van der Waals surface area (Å²) < 4.78 is 11.9. The van der Waals surface area contributed by atoms with Crippen LogP contribution >= 0.6 is 11.6 Å². The van der Waals surface area contributed by atoms with Gasteiger partial charge in [-0.25, -0.2) is 9.78 Å². The van der Waals surface area contributed by atoms with Crippen molar-refractivity contribution in [2.75, 3.05) is 7.11 Å². The van der Waals surface area contributed by atoms with E-state index < -0.39 is 5.97 Å². The fourth-order valence-corrected chi connectivity index (χ4v) is 2.96. The number of carbonyl (C=O) groups excluding carboxylic acids is 1. The van der Waals surface area contributed by atoms with Gasteiger partial charge in [0.2, 0.25) is 0 Å². The summed E-state index contributed by atoms with van der Waals surface area (Å²) in [5.41, 5.74) is 1.89. The number of methoxy groups -OCH3 is 1. The van der Waals surface area contributed by atoms with Crippen LogP contribution in [0.3, 0.4) is 0 Å². The van der Waals surface area contributed by atoms with E-state index >= 15 is 0 Å². The molecule has 8 heteroatoms. The zero-order valence-electron chi connectivity index (χ0n) is 13.7. The van der Waals surface area contributed by atoms with Crippen LogP contribution in [0.15, 0.2) is 53.2 Å². The second-order valence-electron chi connectivity index (χ2n) is 5.52. The topological polar surface area (TPSA) is 83.0 Å². The van der Waals surface area contributed by atoms with Crippen molar-refractivity contribution in [2.24, 2.45) is 0 Å². The average Bonchev–Trinajstić information content (AvgIpc) is 3.28. The molecular formula is C18H13ClN4O3. The molecule has 0 aliphatic heterocycles. The van der Waals surface area contributed by atoms with Crippen molar-refractivity contribution in [1.82, 2.24) is 19.7 Å². The molecule has 0 saturated heterocycles. The van der Waals surface area contributed by atoms with Crippen LogP contribution in [0.1, 0.15) is 16.3 Å². The largest absolute Gasteiger partial charge is 0.464 e. The first-order chi connectivity index (χ1) is 12.7. The van der Waals surface area contributed by atoms with Gasteiger partial charge in [-0.1, -0.05) is 35.0 Å². The molecule has 0 saturated carbocycles. The molecule has 0 aliphatic carbocycles. The fraction of sp³-hybridized carbons (Fsp3) is 0.111. The van der Waals surface area contributed by atoms with Gasteiger partial charge in [0, 0.05) is 17.1 Å². The third-order valence-electron chi connectivity index (χ3n) is 3.96. The summed E-state index contributed by atoms with van der Waals surface area (Å²) in [5, 5.41) is 4.98. The maximum absolute atomic E-state index is 12.2. The van der Waals surface area contributed by atoms with E-state index in [2.05, 4.69) is 15.1 Å². The Kier molecular flexibility index (Phi) is 4.14. The summed E-state index contributed by atoms with van der Waals surface area (Å²) in [5.74, 6) is 0.361. The third kappa shape index (κ3) is 2.82. The van der Waals surface area contributed by atoms with Crippen LogP contribution in [0, 0.1) is 0 Å². The quantitative estimate of drug-likeness (QED) is 0.404. The molecule has 0 aliphatic rings. The van der Waals surface area contributed by atoms with Crippen molar-refractivity contribution >= 4 is 28.5 Å². The minimum atomic E-state index is -0.482. The predicted molar refractivity (Wildman–Crippen MR) is 94.9 cm³/mol. The summed E-state index contributed by atoms with van der Waals surface area (Å²) >= 11 is 6.15. The molecule has 3 aromatic heterocycles. The maximum Gasteiger partial charge on any atom is 0.354 e. The second-order valence-corrected chi connectivity index (χ2v) is 5.88. The van der Waals surface area contributed by atoms with Crippen LogP contribution in [0.5, 0.6) is 0 Å². The zero-order chi connectivity index (χ0) is 18.1. The lowest BCUT2D eigenvalue weighted by Crippen LogP contribution is -2.12. The Morgan fingerprint density at radius 2 is 2.08 bits per heavy atom. The molecule has 4 rings (SSSR count). The number of hydrogen-bond donors (Lipinski definition) is 0. The summed E-state index contributed by atoms with van der Waals surface area (Å²) in [6, 6.07) is 12.9. The van der Waals surface area contributed by atoms with Gasteiger partial charge >= 0.3 is 5.97 Å². The van der Waals surface area contributed by atoms with Gasteiger partial charge in [0.25, 0.3) is 5.89 Å². The van der Waals surface area contributed by atoms with Crippen LogP contribution in [0.4, 0.5) is 0 Å². The molecule has 0 fully saturated rings. The molecule has 0 bridgehead atoms. The normalized spacial score (nSPS) is 11.0. The number of carbonyl (C=O) groups is 1. The van der Waals surface area contributed by atoms with Crippen molar-refractivity contribution in [3.8, 4) is 11.5 Å². The highest BCUT2D eigenvalue weighted by molar-refractivity contribution is 6.34. The summed E-state index contributed by atoms with van der Waals surface area (Å²) in [6.07, 6.45) is 1.58. The monoisotopic (exact) mass is 368 g/mol. The number of hydrogen-bond acceptors (Lipinski definition) is 6. The van der Waals surface area contributed by atoms with Gasteiger partial charge in [0.15, 0.2) is 5.82 Å². The molecule has 0 spiro atoms. The van der Waals surface area contributed by atoms with Crippen LogP contribution in [-0.2, 0) is 11.3 Å². The lowest BCUT2D eigenvalue weighted by Gasteiger charge is -2.06. The van der Waals surface area contributed by atoms with Crippen molar-refractivity contribution in [2.45, 2.75) is 6.54 Å². The molecule has 26 heavy (non-hydrogen) atoms. The number of aromatic nitrogens is 4. The van der Waals surface area contributed by atoms with Crippen molar-refractivity contribution in [3.05, 3.63) is 65.3 Å². The number of nitrogens with zero attached hydrogens (tertiary/aromatic N) is 4. The molecule has 0 radical (unpaired) electrons. The number of fused-ring (bicyclic) bond motifs is 1. The number of halogens is 1. The van der Waals surface area contributed by atoms with Crippen LogP contribution in [-0.4, -0.2) is 32.8 Å². The van der Waals surface area contributed by atoms with E-state index in [9.17, 15) is 4.79 Å². The number of esters is 1. The average molecular weight is 369 g/mol. The second kappa shape index (κ2) is 6.61. The van der Waals surface area contributed by atoms with Gasteiger partial charge in [0.1, 0.15) is 10.8 Å². The molecule has 130 valence electrons. The summed E-state index contributed by atoms with van der Waals surface area (Å²) in [7, 11) is 1.33. The Morgan fingerprint density at radius 3 is 2.85 bits per heavy atom. The highest BCUT2D eigenvalue weighted by Gasteiger charge is 2.20. The van der Waals surface area contributed by atoms with Gasteiger partial charge in [0.05, 0.1) is 19.2 Å². The number of pyridine rings is 1. The first-order valence-electron chi connectivity index (χ1n) is 7.77. The molecule has 7 nitrogen and oxygen atoms in total. The molecule has 4 aromatic rings. The van der Waals surface area contributed by atoms with Gasteiger partial charge in [-0.3, -0.25) is 0 Å². The van der Waals surface area contributed by atoms with E-state index in [1.807, 2.05) is 30.3 Å². The van der Waals surface area contributed by atoms with Gasteiger partial charge in [-0.15, -0.1) is 0 Å². The lowest BCUT2D eigenvalue weighted by atomic mass is 10.2. The van der Waals surface area contributed by atoms with Crippen LogP contribution in [0.2, 0.25) is 5.15 Å². The summed E-state index contributed by atoms with van der Waals surface area (Å²) in [6.45, 7) is 0.227. The Bertz CT molecular complexity index is 1090. The van der Waals surface area contributed by atoms with Crippen molar-refractivity contribution in [1.29, 1.82) is 0 Å². The highest BCUT2D eigenvalue weighted by atomic mass is 35.5. The van der Waals surface area contributed by atoms with Gasteiger partial charge in [-0.2, -0.15) is 4.98 Å². The van der Waals surface area contributed by atoms with Gasteiger partial charge in [-0.05, 0) is 24.3 Å². The van der Waals surface area contributed by atoms with E-state index in [4.69, 9.17) is 20.9 Å². The molecule has 0 N–H and O–H groups in total. The van der Waals surface area contributed by atoms with Crippen molar-refractivity contribution in [3.63, 3.8) is 0 Å². The third-order valence-corrected chi connectivity index (χ3v) is 4.27. The van der Waals surface area contributed by atoms with Crippen molar-refractivity contribution < 1.29 is 14.1 Å². The molecule has 0 atom stereocenters. The van der Waals surface area contributed by atoms with Crippen LogP contribution < -0.4 is 0 Å². The van der Waals surface area contributed by atoms with E-state index in [0.717, 1.165) is 11.1 Å². The Morgan fingerprint density at radius 1 is 1.27 bits per heavy atom. The van der Waals surface area contributed by atoms with E-state index in [0.29, 0.717) is 27.9 Å². The Labute approximate surface area is 153 Å². The van der Waals surface area contributed by atoms with Gasteiger partial charge < -0.3 is 13.8 Å².